The van der Waals surface area contributed by atoms with Crippen LogP contribution in [0.5, 0.6) is 0 Å². The molecule has 0 fully saturated rings. The molecule has 1 amide bonds. The van der Waals surface area contributed by atoms with Crippen molar-refractivity contribution in [1.82, 2.24) is 30.2 Å². The molecule has 2 heterocycles. The van der Waals surface area contributed by atoms with Crippen LogP contribution in [-0.4, -0.2) is 36.1 Å². The maximum atomic E-state index is 12.3. The number of nitrogens with zero attached hydrogens (tertiary/aromatic N) is 5. The van der Waals surface area contributed by atoms with Gasteiger partial charge in [0.05, 0.1) is 5.39 Å². The summed E-state index contributed by atoms with van der Waals surface area (Å²) in [7, 11) is 0. The molecule has 9 heteroatoms. The van der Waals surface area contributed by atoms with Crippen LogP contribution in [0.2, 0.25) is 0 Å². The zero-order chi connectivity index (χ0) is 14.8. The summed E-state index contributed by atoms with van der Waals surface area (Å²) in [5.41, 5.74) is 0.113. The van der Waals surface area contributed by atoms with Crippen LogP contribution in [0.1, 0.15) is 13.0 Å². The van der Waals surface area contributed by atoms with Crippen molar-refractivity contribution in [2.24, 2.45) is 0 Å². The first-order valence-electron chi connectivity index (χ1n) is 6.17. The maximum Gasteiger partial charge on any atom is 0.278 e. The minimum Gasteiger partial charge on any atom is -0.293 e. The van der Waals surface area contributed by atoms with Crippen LogP contribution in [0, 0.1) is 0 Å². The summed E-state index contributed by atoms with van der Waals surface area (Å²) < 4.78 is 1.04. The lowest BCUT2D eigenvalue weighted by molar-refractivity contribution is -0.119. The lowest BCUT2D eigenvalue weighted by Gasteiger charge is -2.12. The molecular formula is C12H11N7O2. The highest BCUT2D eigenvalue weighted by Gasteiger charge is 2.19. The third-order valence-corrected chi connectivity index (χ3v) is 2.99. The van der Waals surface area contributed by atoms with Crippen LogP contribution in [-0.2, 0) is 4.79 Å². The molecule has 9 nitrogen and oxygen atoms in total. The maximum absolute atomic E-state index is 12.3. The van der Waals surface area contributed by atoms with Gasteiger partial charge in [-0.2, -0.15) is 14.8 Å². The van der Waals surface area contributed by atoms with Crippen LogP contribution >= 0.6 is 0 Å². The molecule has 0 aliphatic rings. The van der Waals surface area contributed by atoms with Gasteiger partial charge in [0.25, 0.3) is 11.5 Å². The Hall–Kier alpha value is -3.10. The summed E-state index contributed by atoms with van der Waals surface area (Å²) in [4.78, 5) is 28.2. The Bertz CT molecular complexity index is 840. The highest BCUT2D eigenvalue weighted by molar-refractivity contribution is 5.91. The van der Waals surface area contributed by atoms with Crippen molar-refractivity contribution >= 4 is 22.8 Å². The molecular weight excluding hydrogens is 274 g/mol. The molecule has 0 unspecified atom stereocenters. The van der Waals surface area contributed by atoms with E-state index < -0.39 is 11.9 Å². The summed E-state index contributed by atoms with van der Waals surface area (Å²) in [6.07, 6.45) is 1.27. The van der Waals surface area contributed by atoms with Crippen LogP contribution in [0.4, 0.5) is 5.95 Å². The SMILES string of the molecule is C[C@H](C(=O)Nc1ncn[nH]1)n1nnc2ccccc2c1=O. The molecule has 0 saturated carbocycles. The monoisotopic (exact) mass is 285 g/mol. The van der Waals surface area contributed by atoms with Gasteiger partial charge in [-0.3, -0.25) is 14.9 Å². The average molecular weight is 285 g/mol. The Morgan fingerprint density at radius 2 is 2.19 bits per heavy atom. The Balaban J connectivity index is 1.94. The summed E-state index contributed by atoms with van der Waals surface area (Å²) >= 11 is 0. The molecule has 0 saturated heterocycles. The Kier molecular flexibility index (Phi) is 3.14. The van der Waals surface area contributed by atoms with Crippen molar-refractivity contribution in [3.05, 3.63) is 40.9 Å². The van der Waals surface area contributed by atoms with E-state index in [1.165, 1.54) is 6.33 Å². The number of H-pyrrole nitrogens is 1. The molecule has 3 aromatic rings. The normalized spacial score (nSPS) is 12.2. The van der Waals surface area contributed by atoms with Gasteiger partial charge >= 0.3 is 0 Å². The van der Waals surface area contributed by atoms with E-state index in [0.29, 0.717) is 10.9 Å². The van der Waals surface area contributed by atoms with Gasteiger partial charge in [-0.05, 0) is 19.1 Å². The van der Waals surface area contributed by atoms with E-state index in [1.807, 2.05) is 0 Å². The molecule has 0 radical (unpaired) electrons. The molecule has 1 atom stereocenters. The lowest BCUT2D eigenvalue weighted by Crippen LogP contribution is -2.34. The van der Waals surface area contributed by atoms with Crippen molar-refractivity contribution in [3.63, 3.8) is 0 Å². The van der Waals surface area contributed by atoms with Crippen LogP contribution < -0.4 is 10.9 Å². The zero-order valence-corrected chi connectivity index (χ0v) is 11.0. The van der Waals surface area contributed by atoms with Crippen LogP contribution in [0.15, 0.2) is 35.4 Å². The Morgan fingerprint density at radius 3 is 2.95 bits per heavy atom. The number of aromatic amines is 1. The van der Waals surface area contributed by atoms with Gasteiger partial charge in [-0.25, -0.2) is 5.10 Å². The summed E-state index contributed by atoms with van der Waals surface area (Å²) in [5, 5.41) is 16.8. The van der Waals surface area contributed by atoms with Gasteiger partial charge in [0, 0.05) is 0 Å². The zero-order valence-electron chi connectivity index (χ0n) is 11.0. The number of fused-ring (bicyclic) bond motifs is 1. The van der Waals surface area contributed by atoms with Crippen molar-refractivity contribution in [1.29, 1.82) is 0 Å². The molecule has 106 valence electrons. The fourth-order valence-electron chi connectivity index (χ4n) is 1.85. The molecule has 0 bridgehead atoms. The molecule has 21 heavy (non-hydrogen) atoms. The minimum absolute atomic E-state index is 0.202. The van der Waals surface area contributed by atoms with Crippen molar-refractivity contribution in [2.45, 2.75) is 13.0 Å². The second-order valence-electron chi connectivity index (χ2n) is 4.36. The number of carbonyl (C=O) groups excluding carboxylic acids is 1. The standard InChI is InChI=1S/C12H11N7O2/c1-7(10(20)15-12-13-6-14-17-12)19-11(21)8-4-2-3-5-9(8)16-18-19/h2-7H,1H3,(H2,13,14,15,17,20)/t7-/m1/s1. The van der Waals surface area contributed by atoms with Gasteiger partial charge in [-0.15, -0.1) is 5.10 Å². The predicted molar refractivity (Wildman–Crippen MR) is 73.5 cm³/mol. The number of hydrogen-bond donors (Lipinski definition) is 2. The number of rotatable bonds is 3. The number of amides is 1. The van der Waals surface area contributed by atoms with Gasteiger partial charge in [-0.1, -0.05) is 17.3 Å². The third-order valence-electron chi connectivity index (χ3n) is 2.99. The minimum atomic E-state index is -0.834. The van der Waals surface area contributed by atoms with E-state index in [9.17, 15) is 9.59 Å². The molecule has 1 aromatic carbocycles. The van der Waals surface area contributed by atoms with E-state index in [0.717, 1.165) is 4.68 Å². The van der Waals surface area contributed by atoms with Gasteiger partial charge in [0.1, 0.15) is 17.9 Å². The van der Waals surface area contributed by atoms with Gasteiger partial charge < -0.3 is 0 Å². The molecule has 0 spiro atoms. The molecule has 2 N–H and O–H groups in total. The molecule has 3 rings (SSSR count). The molecule has 0 aliphatic carbocycles. The summed E-state index contributed by atoms with van der Waals surface area (Å²) in [6.45, 7) is 1.55. The number of nitrogens with one attached hydrogen (secondary N) is 2. The number of carbonyl (C=O) groups is 1. The Morgan fingerprint density at radius 1 is 1.38 bits per heavy atom. The van der Waals surface area contributed by atoms with Crippen molar-refractivity contribution < 1.29 is 4.79 Å². The third kappa shape index (κ3) is 2.36. The first kappa shape index (κ1) is 12.9. The van der Waals surface area contributed by atoms with E-state index >= 15 is 0 Å². The van der Waals surface area contributed by atoms with E-state index in [4.69, 9.17) is 0 Å². The van der Waals surface area contributed by atoms with Gasteiger partial charge in [0.15, 0.2) is 0 Å². The fraction of sp³-hybridized carbons (Fsp3) is 0.167. The highest BCUT2D eigenvalue weighted by Crippen LogP contribution is 2.08. The average Bonchev–Trinajstić information content (AvgIpc) is 3.00. The van der Waals surface area contributed by atoms with E-state index in [-0.39, 0.29) is 11.5 Å². The van der Waals surface area contributed by atoms with E-state index in [2.05, 4.69) is 30.8 Å². The predicted octanol–water partition coefficient (Wildman–Crippen LogP) is 0.109. The Labute approximate surface area is 118 Å². The first-order chi connectivity index (χ1) is 10.2. The van der Waals surface area contributed by atoms with E-state index in [1.54, 1.807) is 31.2 Å². The molecule has 2 aromatic heterocycles. The number of hydrogen-bond acceptors (Lipinski definition) is 6. The smallest absolute Gasteiger partial charge is 0.278 e. The van der Waals surface area contributed by atoms with Crippen LogP contribution in [0.25, 0.3) is 10.9 Å². The van der Waals surface area contributed by atoms with Crippen LogP contribution in [0.3, 0.4) is 0 Å². The second kappa shape index (κ2) is 5.12. The fourth-order valence-corrected chi connectivity index (χ4v) is 1.85. The summed E-state index contributed by atoms with van der Waals surface area (Å²) in [6, 6.07) is 5.99. The summed E-state index contributed by atoms with van der Waals surface area (Å²) in [5.74, 6) is -0.243. The topological polar surface area (TPSA) is 118 Å². The second-order valence-corrected chi connectivity index (χ2v) is 4.36. The van der Waals surface area contributed by atoms with Gasteiger partial charge in [0.2, 0.25) is 5.95 Å². The lowest BCUT2D eigenvalue weighted by atomic mass is 10.2. The first-order valence-corrected chi connectivity index (χ1v) is 6.17. The molecule has 0 aliphatic heterocycles. The number of anilines is 1. The van der Waals surface area contributed by atoms with Crippen molar-refractivity contribution in [2.75, 3.05) is 5.32 Å². The number of benzene rings is 1. The quantitative estimate of drug-likeness (QED) is 0.705. The highest BCUT2D eigenvalue weighted by atomic mass is 16.2. The largest absolute Gasteiger partial charge is 0.293 e. The van der Waals surface area contributed by atoms with Crippen molar-refractivity contribution in [3.8, 4) is 0 Å². The number of aromatic nitrogens is 6.